The van der Waals surface area contributed by atoms with Crippen molar-refractivity contribution in [2.24, 2.45) is 17.3 Å². The Labute approximate surface area is 134 Å². The van der Waals surface area contributed by atoms with Crippen molar-refractivity contribution in [2.45, 2.75) is 40.0 Å². The summed E-state index contributed by atoms with van der Waals surface area (Å²) in [4.78, 5) is 16.9. The van der Waals surface area contributed by atoms with Gasteiger partial charge in [0.05, 0.1) is 10.2 Å². The molecule has 1 saturated carbocycles. The molecule has 1 aliphatic carbocycles. The standard InChI is InChI=1S/C17H22N2O2S/c1-10-7-11(9-17(2,3)8-10)15(21)19-16-18-12-5-4-6-13(20)14(12)22-16/h4-6,10-11,20H,7-9H2,1-3H3,(H,18,19,21). The number of hydrogen-bond acceptors (Lipinski definition) is 4. The number of amides is 1. The SMILES string of the molecule is CC1CC(C(=O)Nc2nc3cccc(O)c3s2)CC(C)(C)C1. The van der Waals surface area contributed by atoms with Gasteiger partial charge in [-0.05, 0) is 42.7 Å². The van der Waals surface area contributed by atoms with Crippen molar-refractivity contribution in [3.05, 3.63) is 18.2 Å². The molecule has 2 unspecified atom stereocenters. The summed E-state index contributed by atoms with van der Waals surface area (Å²) >= 11 is 1.32. The second kappa shape index (κ2) is 5.54. The average molecular weight is 318 g/mol. The van der Waals surface area contributed by atoms with Crippen molar-refractivity contribution in [3.8, 4) is 5.75 Å². The highest BCUT2D eigenvalue weighted by molar-refractivity contribution is 7.22. The van der Waals surface area contributed by atoms with Crippen LogP contribution in [-0.2, 0) is 4.79 Å². The van der Waals surface area contributed by atoms with Crippen LogP contribution in [0.2, 0.25) is 0 Å². The van der Waals surface area contributed by atoms with Crippen LogP contribution in [0, 0.1) is 17.3 Å². The van der Waals surface area contributed by atoms with E-state index in [0.29, 0.717) is 11.0 Å². The van der Waals surface area contributed by atoms with Gasteiger partial charge in [-0.3, -0.25) is 4.79 Å². The van der Waals surface area contributed by atoms with Gasteiger partial charge >= 0.3 is 0 Å². The molecule has 2 N–H and O–H groups in total. The Hall–Kier alpha value is -1.62. The van der Waals surface area contributed by atoms with Crippen LogP contribution in [0.4, 0.5) is 5.13 Å². The minimum absolute atomic E-state index is 0.0411. The molecule has 0 bridgehead atoms. The topological polar surface area (TPSA) is 62.2 Å². The Morgan fingerprint density at radius 3 is 2.86 bits per heavy atom. The molecular weight excluding hydrogens is 296 g/mol. The molecule has 0 radical (unpaired) electrons. The number of phenols is 1. The van der Waals surface area contributed by atoms with Crippen LogP contribution in [0.25, 0.3) is 10.2 Å². The molecule has 1 aromatic carbocycles. The zero-order valence-electron chi connectivity index (χ0n) is 13.2. The van der Waals surface area contributed by atoms with Crippen LogP contribution in [0.15, 0.2) is 18.2 Å². The van der Waals surface area contributed by atoms with Crippen LogP contribution in [0.1, 0.15) is 40.0 Å². The number of carbonyl (C=O) groups is 1. The Morgan fingerprint density at radius 1 is 1.41 bits per heavy atom. The van der Waals surface area contributed by atoms with Crippen LogP contribution in [0.5, 0.6) is 5.75 Å². The Kier molecular flexibility index (Phi) is 3.85. The highest BCUT2D eigenvalue weighted by Gasteiger charge is 2.35. The predicted molar refractivity (Wildman–Crippen MR) is 90.2 cm³/mol. The molecular formula is C17H22N2O2S. The summed E-state index contributed by atoms with van der Waals surface area (Å²) in [6.45, 7) is 6.69. The third kappa shape index (κ3) is 3.09. The summed E-state index contributed by atoms with van der Waals surface area (Å²) in [5.41, 5.74) is 0.934. The first-order valence-electron chi connectivity index (χ1n) is 7.73. The number of aromatic nitrogens is 1. The van der Waals surface area contributed by atoms with Crippen LogP contribution in [0.3, 0.4) is 0 Å². The Bertz CT molecular complexity index is 708. The van der Waals surface area contributed by atoms with E-state index in [0.717, 1.165) is 23.1 Å². The van der Waals surface area contributed by atoms with E-state index < -0.39 is 0 Å². The van der Waals surface area contributed by atoms with Crippen LogP contribution < -0.4 is 5.32 Å². The highest BCUT2D eigenvalue weighted by Crippen LogP contribution is 2.42. The lowest BCUT2D eigenvalue weighted by molar-refractivity contribution is -0.122. The highest BCUT2D eigenvalue weighted by atomic mass is 32.1. The van der Waals surface area contributed by atoms with Crippen molar-refractivity contribution >= 4 is 32.6 Å². The fourth-order valence-electron chi connectivity index (χ4n) is 3.74. The van der Waals surface area contributed by atoms with Gasteiger partial charge in [0.15, 0.2) is 5.13 Å². The van der Waals surface area contributed by atoms with Gasteiger partial charge in [-0.1, -0.05) is 38.2 Å². The minimum Gasteiger partial charge on any atom is -0.506 e. The fourth-order valence-corrected chi connectivity index (χ4v) is 4.62. The first kappa shape index (κ1) is 15.3. The Morgan fingerprint density at radius 2 is 2.18 bits per heavy atom. The maximum absolute atomic E-state index is 12.6. The van der Waals surface area contributed by atoms with Crippen molar-refractivity contribution in [1.29, 1.82) is 0 Å². The van der Waals surface area contributed by atoms with E-state index in [4.69, 9.17) is 0 Å². The summed E-state index contributed by atoms with van der Waals surface area (Å²) in [5, 5.41) is 13.3. The summed E-state index contributed by atoms with van der Waals surface area (Å²) in [7, 11) is 0. The molecule has 22 heavy (non-hydrogen) atoms. The van der Waals surface area contributed by atoms with E-state index in [9.17, 15) is 9.90 Å². The summed E-state index contributed by atoms with van der Waals surface area (Å²) in [5.74, 6) is 0.874. The molecule has 0 spiro atoms. The number of phenolic OH excluding ortho intramolecular Hbond substituents is 1. The van der Waals surface area contributed by atoms with E-state index in [-0.39, 0.29) is 23.0 Å². The van der Waals surface area contributed by atoms with Gasteiger partial charge in [0.25, 0.3) is 0 Å². The maximum Gasteiger partial charge on any atom is 0.229 e. The molecule has 4 nitrogen and oxygen atoms in total. The molecule has 3 rings (SSSR count). The van der Waals surface area contributed by atoms with Crippen molar-refractivity contribution in [1.82, 2.24) is 4.98 Å². The van der Waals surface area contributed by atoms with Gasteiger partial charge in [0.1, 0.15) is 5.75 Å². The predicted octanol–water partition coefficient (Wildman–Crippen LogP) is 4.40. The molecule has 1 fully saturated rings. The van der Waals surface area contributed by atoms with Crippen LogP contribution in [-0.4, -0.2) is 16.0 Å². The quantitative estimate of drug-likeness (QED) is 0.862. The molecule has 1 aromatic heterocycles. The molecule has 5 heteroatoms. The smallest absolute Gasteiger partial charge is 0.229 e. The average Bonchev–Trinajstić information content (AvgIpc) is 2.80. The van der Waals surface area contributed by atoms with Crippen LogP contribution >= 0.6 is 11.3 Å². The molecule has 2 atom stereocenters. The fraction of sp³-hybridized carbons (Fsp3) is 0.529. The number of thiazole rings is 1. The monoisotopic (exact) mass is 318 g/mol. The second-order valence-corrected chi connectivity index (χ2v) is 8.24. The van der Waals surface area contributed by atoms with Crippen molar-refractivity contribution in [3.63, 3.8) is 0 Å². The number of fused-ring (bicyclic) bond motifs is 1. The van der Waals surface area contributed by atoms with Gasteiger partial charge in [-0.15, -0.1) is 0 Å². The summed E-state index contributed by atoms with van der Waals surface area (Å²) < 4.78 is 0.718. The van der Waals surface area contributed by atoms with E-state index in [1.54, 1.807) is 12.1 Å². The third-order valence-corrected chi connectivity index (χ3v) is 5.39. The molecule has 2 aromatic rings. The normalized spacial score (nSPS) is 24.3. The van der Waals surface area contributed by atoms with Gasteiger partial charge in [0.2, 0.25) is 5.91 Å². The van der Waals surface area contributed by atoms with E-state index >= 15 is 0 Å². The van der Waals surface area contributed by atoms with Crippen molar-refractivity contribution < 1.29 is 9.90 Å². The number of nitrogens with zero attached hydrogens (tertiary/aromatic N) is 1. The van der Waals surface area contributed by atoms with Gasteiger partial charge in [-0.25, -0.2) is 4.98 Å². The molecule has 1 heterocycles. The number of carbonyl (C=O) groups excluding carboxylic acids is 1. The first-order chi connectivity index (χ1) is 10.3. The van der Waals surface area contributed by atoms with Gasteiger partial charge < -0.3 is 10.4 Å². The zero-order valence-corrected chi connectivity index (χ0v) is 14.0. The van der Waals surface area contributed by atoms with Gasteiger partial charge in [0, 0.05) is 5.92 Å². The minimum atomic E-state index is 0.0411. The summed E-state index contributed by atoms with van der Waals surface area (Å²) in [6.07, 6.45) is 3.02. The Balaban J connectivity index is 1.76. The number of nitrogens with one attached hydrogen (secondary N) is 1. The molecule has 118 valence electrons. The van der Waals surface area contributed by atoms with E-state index in [2.05, 4.69) is 31.1 Å². The second-order valence-electron chi connectivity index (χ2n) is 7.24. The largest absolute Gasteiger partial charge is 0.506 e. The first-order valence-corrected chi connectivity index (χ1v) is 8.55. The molecule has 0 aliphatic heterocycles. The lowest BCUT2D eigenvalue weighted by Crippen LogP contribution is -2.34. The number of aromatic hydroxyl groups is 1. The number of hydrogen-bond donors (Lipinski definition) is 2. The number of rotatable bonds is 2. The van der Waals surface area contributed by atoms with Crippen molar-refractivity contribution in [2.75, 3.05) is 5.32 Å². The lowest BCUT2D eigenvalue weighted by Gasteiger charge is -2.38. The molecule has 1 amide bonds. The van der Waals surface area contributed by atoms with E-state index in [1.807, 2.05) is 6.07 Å². The summed E-state index contributed by atoms with van der Waals surface area (Å²) in [6, 6.07) is 5.23. The van der Waals surface area contributed by atoms with E-state index in [1.165, 1.54) is 17.8 Å². The number of anilines is 1. The molecule has 0 saturated heterocycles. The number of benzene rings is 1. The lowest BCUT2D eigenvalue weighted by atomic mass is 9.68. The molecule has 1 aliphatic rings. The zero-order chi connectivity index (χ0) is 15.9. The third-order valence-electron chi connectivity index (χ3n) is 4.38. The van der Waals surface area contributed by atoms with Gasteiger partial charge in [-0.2, -0.15) is 0 Å². The maximum atomic E-state index is 12.6.